The van der Waals surface area contributed by atoms with E-state index < -0.39 is 5.67 Å². The molecule has 0 aliphatic heterocycles. The van der Waals surface area contributed by atoms with E-state index in [4.69, 9.17) is 0 Å². The van der Waals surface area contributed by atoms with E-state index in [9.17, 15) is 4.39 Å². The quantitative estimate of drug-likeness (QED) is 0.587. The minimum atomic E-state index is -0.974. The van der Waals surface area contributed by atoms with E-state index in [1.165, 1.54) is 6.42 Å². The van der Waals surface area contributed by atoms with E-state index in [0.29, 0.717) is 6.42 Å². The second-order valence-corrected chi connectivity index (χ2v) is 3.88. The first-order valence-corrected chi connectivity index (χ1v) is 4.96. The lowest BCUT2D eigenvalue weighted by Crippen LogP contribution is -2.14. The van der Waals surface area contributed by atoms with Gasteiger partial charge in [0.15, 0.2) is 0 Å². The van der Waals surface area contributed by atoms with Crippen molar-refractivity contribution in [2.75, 3.05) is 13.1 Å². The van der Waals surface area contributed by atoms with E-state index in [1.54, 1.807) is 13.8 Å². The molecule has 0 amide bonds. The van der Waals surface area contributed by atoms with Gasteiger partial charge in [0.2, 0.25) is 0 Å². The number of alkyl halides is 1. The Balaban J connectivity index is 3.01. The lowest BCUT2D eigenvalue weighted by molar-refractivity contribution is 0.195. The van der Waals surface area contributed by atoms with Crippen LogP contribution in [0.5, 0.6) is 0 Å². The maximum absolute atomic E-state index is 12.9. The molecule has 0 unspecified atom stereocenters. The maximum Gasteiger partial charge on any atom is 0.105 e. The van der Waals surface area contributed by atoms with Crippen molar-refractivity contribution in [3.63, 3.8) is 0 Å². The van der Waals surface area contributed by atoms with Crippen molar-refractivity contribution in [1.29, 1.82) is 0 Å². The summed E-state index contributed by atoms with van der Waals surface area (Å²) in [5, 5.41) is 3.25. The SMILES string of the molecule is CCNCCCCCC(C)(C)F. The molecule has 1 N–H and O–H groups in total. The van der Waals surface area contributed by atoms with E-state index >= 15 is 0 Å². The van der Waals surface area contributed by atoms with Gasteiger partial charge in [0, 0.05) is 0 Å². The standard InChI is InChI=1S/C10H22FN/c1-4-12-9-7-5-6-8-10(2,3)11/h12H,4-9H2,1-3H3. The Morgan fingerprint density at radius 1 is 1.17 bits per heavy atom. The van der Waals surface area contributed by atoms with Crippen LogP contribution >= 0.6 is 0 Å². The van der Waals surface area contributed by atoms with Crippen LogP contribution in [0.15, 0.2) is 0 Å². The Kier molecular flexibility index (Phi) is 6.35. The highest BCUT2D eigenvalue weighted by Crippen LogP contribution is 2.17. The molecule has 0 aromatic carbocycles. The summed E-state index contributed by atoms with van der Waals surface area (Å²) in [6.07, 6.45) is 4.01. The molecular formula is C10H22FN. The van der Waals surface area contributed by atoms with Crippen molar-refractivity contribution in [2.45, 2.75) is 52.1 Å². The molecule has 0 spiro atoms. The fourth-order valence-electron chi connectivity index (χ4n) is 1.15. The van der Waals surface area contributed by atoms with Gasteiger partial charge in [-0.15, -0.1) is 0 Å². The zero-order valence-electron chi connectivity index (χ0n) is 8.62. The topological polar surface area (TPSA) is 12.0 Å². The second-order valence-electron chi connectivity index (χ2n) is 3.88. The molecule has 0 aliphatic rings. The second kappa shape index (κ2) is 6.41. The van der Waals surface area contributed by atoms with Gasteiger partial charge in [-0.25, -0.2) is 4.39 Å². The fourth-order valence-corrected chi connectivity index (χ4v) is 1.15. The molecule has 0 atom stereocenters. The van der Waals surface area contributed by atoms with Crippen LogP contribution in [0, 0.1) is 0 Å². The molecule has 0 heterocycles. The smallest absolute Gasteiger partial charge is 0.105 e. The van der Waals surface area contributed by atoms with E-state index in [1.807, 2.05) is 0 Å². The van der Waals surface area contributed by atoms with Gasteiger partial charge in [-0.1, -0.05) is 19.8 Å². The molecule has 74 valence electrons. The largest absolute Gasteiger partial charge is 0.317 e. The Morgan fingerprint density at radius 2 is 1.83 bits per heavy atom. The molecule has 1 nitrogen and oxygen atoms in total. The summed E-state index contributed by atoms with van der Waals surface area (Å²) < 4.78 is 12.9. The third-order valence-electron chi connectivity index (χ3n) is 1.87. The number of rotatable bonds is 7. The van der Waals surface area contributed by atoms with Gasteiger partial charge in [0.1, 0.15) is 5.67 Å². The molecule has 0 saturated carbocycles. The Bertz CT molecular complexity index is 96.5. The number of halogens is 1. The van der Waals surface area contributed by atoms with E-state index in [-0.39, 0.29) is 0 Å². The molecule has 0 bridgehead atoms. The molecule has 0 fully saturated rings. The van der Waals surface area contributed by atoms with Crippen molar-refractivity contribution in [2.24, 2.45) is 0 Å². The third-order valence-corrected chi connectivity index (χ3v) is 1.87. The molecular weight excluding hydrogens is 153 g/mol. The highest BCUT2D eigenvalue weighted by molar-refractivity contribution is 4.65. The number of hydrogen-bond acceptors (Lipinski definition) is 1. The molecule has 0 saturated heterocycles. The molecule has 12 heavy (non-hydrogen) atoms. The van der Waals surface area contributed by atoms with Gasteiger partial charge in [-0.3, -0.25) is 0 Å². The molecule has 0 aliphatic carbocycles. The first kappa shape index (κ1) is 11.9. The van der Waals surface area contributed by atoms with Crippen LogP contribution in [0.3, 0.4) is 0 Å². The summed E-state index contributed by atoms with van der Waals surface area (Å²) in [4.78, 5) is 0. The molecule has 0 radical (unpaired) electrons. The van der Waals surface area contributed by atoms with Crippen molar-refractivity contribution in [1.82, 2.24) is 5.32 Å². The highest BCUT2D eigenvalue weighted by Gasteiger charge is 2.13. The fraction of sp³-hybridized carbons (Fsp3) is 1.00. The summed E-state index contributed by atoms with van der Waals surface area (Å²) in [5.41, 5.74) is -0.974. The Labute approximate surface area is 75.7 Å². The van der Waals surface area contributed by atoms with Crippen LogP contribution in [0.4, 0.5) is 4.39 Å². The van der Waals surface area contributed by atoms with E-state index in [2.05, 4.69) is 12.2 Å². The van der Waals surface area contributed by atoms with Gasteiger partial charge in [-0.05, 0) is 39.8 Å². The van der Waals surface area contributed by atoms with Crippen molar-refractivity contribution in [3.8, 4) is 0 Å². The average Bonchev–Trinajstić information content (AvgIpc) is 1.94. The zero-order valence-corrected chi connectivity index (χ0v) is 8.62. The minimum Gasteiger partial charge on any atom is -0.317 e. The first-order chi connectivity index (χ1) is 5.56. The Hall–Kier alpha value is -0.110. The van der Waals surface area contributed by atoms with Gasteiger partial charge in [0.05, 0.1) is 0 Å². The van der Waals surface area contributed by atoms with Gasteiger partial charge >= 0.3 is 0 Å². The maximum atomic E-state index is 12.9. The first-order valence-electron chi connectivity index (χ1n) is 4.96. The van der Waals surface area contributed by atoms with Crippen molar-refractivity contribution < 1.29 is 4.39 Å². The number of unbranched alkanes of at least 4 members (excludes halogenated alkanes) is 2. The molecule has 2 heteroatoms. The number of hydrogen-bond donors (Lipinski definition) is 1. The highest BCUT2D eigenvalue weighted by atomic mass is 19.1. The summed E-state index contributed by atoms with van der Waals surface area (Å²) in [6.45, 7) is 7.51. The van der Waals surface area contributed by atoms with Crippen LogP contribution < -0.4 is 5.32 Å². The predicted octanol–water partition coefficient (Wildman–Crippen LogP) is 2.90. The molecule has 0 aromatic heterocycles. The van der Waals surface area contributed by atoms with Crippen molar-refractivity contribution >= 4 is 0 Å². The molecule has 0 aromatic rings. The van der Waals surface area contributed by atoms with Crippen LogP contribution in [-0.2, 0) is 0 Å². The van der Waals surface area contributed by atoms with Crippen molar-refractivity contribution in [3.05, 3.63) is 0 Å². The summed E-state index contributed by atoms with van der Waals surface area (Å²) in [7, 11) is 0. The van der Waals surface area contributed by atoms with Gasteiger partial charge < -0.3 is 5.32 Å². The summed E-state index contributed by atoms with van der Waals surface area (Å²) in [5.74, 6) is 0. The van der Waals surface area contributed by atoms with Crippen LogP contribution in [-0.4, -0.2) is 18.8 Å². The van der Waals surface area contributed by atoms with Gasteiger partial charge in [0.25, 0.3) is 0 Å². The minimum absolute atomic E-state index is 0.694. The average molecular weight is 175 g/mol. The third kappa shape index (κ3) is 9.89. The monoisotopic (exact) mass is 175 g/mol. The lowest BCUT2D eigenvalue weighted by Gasteiger charge is -2.12. The summed E-state index contributed by atoms with van der Waals surface area (Å²) in [6, 6.07) is 0. The zero-order chi connectivity index (χ0) is 9.45. The van der Waals surface area contributed by atoms with Crippen LogP contribution in [0.25, 0.3) is 0 Å². The van der Waals surface area contributed by atoms with Crippen LogP contribution in [0.2, 0.25) is 0 Å². The Morgan fingerprint density at radius 3 is 2.33 bits per heavy atom. The van der Waals surface area contributed by atoms with Gasteiger partial charge in [-0.2, -0.15) is 0 Å². The lowest BCUT2D eigenvalue weighted by atomic mass is 10.0. The summed E-state index contributed by atoms with van der Waals surface area (Å²) >= 11 is 0. The number of nitrogens with one attached hydrogen (secondary N) is 1. The normalized spacial score (nSPS) is 12.0. The molecule has 0 rings (SSSR count). The van der Waals surface area contributed by atoms with E-state index in [0.717, 1.165) is 25.9 Å². The van der Waals surface area contributed by atoms with Crippen LogP contribution in [0.1, 0.15) is 46.5 Å². The predicted molar refractivity (Wildman–Crippen MR) is 52.2 cm³/mol.